The van der Waals surface area contributed by atoms with Crippen molar-refractivity contribution in [1.82, 2.24) is 4.13 Å². The Bertz CT molecular complexity index is 1990. The zero-order chi connectivity index (χ0) is 40.5. The number of hydrogen-bond donors (Lipinski definition) is 2. The summed E-state index contributed by atoms with van der Waals surface area (Å²) in [5, 5.41) is -14.8. The lowest BCUT2D eigenvalue weighted by molar-refractivity contribution is -0.497. The molecule has 31 heteroatoms. The SMILES string of the molecule is O=S(=O)(O)c1ccccc1S(=O)(=O)NS(=O)(=O)C(F)(F)C(F)(F)C(F)(F)C(F)(F)C(F)(F)C(F)(F)OC(F)(F)C(F)(F)Sc1ccc(F)cc1F. The van der Waals surface area contributed by atoms with E-state index in [4.69, 9.17) is 4.55 Å². The molecule has 0 unspecified atom stereocenters. The van der Waals surface area contributed by atoms with Crippen LogP contribution in [0.25, 0.3) is 0 Å². The van der Waals surface area contributed by atoms with Crippen LogP contribution in [0.1, 0.15) is 0 Å². The first-order valence-electron chi connectivity index (χ1n) is 11.5. The predicted molar refractivity (Wildman–Crippen MR) is 128 cm³/mol. The van der Waals surface area contributed by atoms with Gasteiger partial charge in [0, 0.05) is 11.0 Å². The fourth-order valence-electron chi connectivity index (χ4n) is 3.10. The van der Waals surface area contributed by atoms with Gasteiger partial charge in [-0.25, -0.2) is 30.4 Å². The van der Waals surface area contributed by atoms with Crippen LogP contribution in [-0.4, -0.2) is 76.2 Å². The van der Waals surface area contributed by atoms with E-state index in [0.717, 1.165) is 0 Å². The van der Waals surface area contributed by atoms with E-state index in [0.29, 0.717) is 12.1 Å². The molecule has 0 radical (unpaired) electrons. The summed E-state index contributed by atoms with van der Waals surface area (Å²) in [5.74, 6) is -39.3. The minimum Gasteiger partial charge on any atom is -0.282 e. The molecule has 2 N–H and O–H groups in total. The number of hydrogen-bond acceptors (Lipinski definition) is 8. The Balaban J connectivity index is 2.58. The summed E-state index contributed by atoms with van der Waals surface area (Å²) in [6.45, 7) is 0. The summed E-state index contributed by atoms with van der Waals surface area (Å²) >= 11 is -1.99. The Morgan fingerprint density at radius 2 is 1.06 bits per heavy atom. The fourth-order valence-corrected chi connectivity index (χ4v) is 8.03. The molecule has 0 saturated heterocycles. The normalized spacial score (nSPS) is 15.3. The maximum Gasteiger partial charge on any atom is 0.434 e. The molecule has 0 saturated carbocycles. The summed E-state index contributed by atoms with van der Waals surface area (Å²) in [6.07, 6.45) is -15.7. The van der Waals surface area contributed by atoms with Crippen molar-refractivity contribution >= 4 is 41.9 Å². The highest BCUT2D eigenvalue weighted by Gasteiger charge is 2.93. The van der Waals surface area contributed by atoms with Gasteiger partial charge in [0.25, 0.3) is 30.2 Å². The number of ether oxygens (including phenoxy) is 1. The third-order valence-corrected chi connectivity index (χ3v) is 11.3. The summed E-state index contributed by atoms with van der Waals surface area (Å²) in [6, 6.07) is 0.500. The monoisotopic (exact) mass is 861 g/mol. The average Bonchev–Trinajstić information content (AvgIpc) is 2.92. The number of nitrogens with one attached hydrogen (secondary N) is 1. The molecule has 0 aliphatic heterocycles. The highest BCUT2D eigenvalue weighted by molar-refractivity contribution is 8.05. The predicted octanol–water partition coefficient (Wildman–Crippen LogP) is 6.54. The molecular formula is C20H9F18NO8S4. The standard InChI is InChI=1S/C20H9F18NO8S4/c21-8-5-6-10(9(22)7-8)48-19(35,36)18(33,34)47-17(31,32)15(27,28)13(23,24)14(25,26)16(29,30)20(37,38)51(45,46)39-49(40,41)11-3-1-2-4-12(11)50(42,43)44/h1-7,39H,(H,42,43,44). The van der Waals surface area contributed by atoms with Gasteiger partial charge in [-0.1, -0.05) is 16.3 Å². The summed E-state index contributed by atoms with van der Waals surface area (Å²) < 4.78 is 333. The lowest BCUT2D eigenvalue weighted by Gasteiger charge is -2.41. The number of halogens is 18. The van der Waals surface area contributed by atoms with Crippen LogP contribution in [0, 0.1) is 11.6 Å². The molecule has 0 aromatic heterocycles. The molecule has 0 aliphatic carbocycles. The molecule has 0 fully saturated rings. The number of benzene rings is 2. The van der Waals surface area contributed by atoms with Gasteiger partial charge in [-0.2, -0.15) is 78.7 Å². The van der Waals surface area contributed by atoms with E-state index < -0.39 is 119 Å². The third-order valence-electron chi connectivity index (χ3n) is 5.61. The van der Waals surface area contributed by atoms with Crippen LogP contribution < -0.4 is 4.13 Å². The van der Waals surface area contributed by atoms with Crippen LogP contribution in [0.2, 0.25) is 0 Å². The third kappa shape index (κ3) is 7.55. The van der Waals surface area contributed by atoms with Gasteiger partial charge in [0.15, 0.2) is 0 Å². The van der Waals surface area contributed by atoms with Crippen molar-refractivity contribution in [2.24, 2.45) is 0 Å². The molecule has 292 valence electrons. The van der Waals surface area contributed by atoms with Crippen molar-refractivity contribution in [1.29, 1.82) is 0 Å². The minimum atomic E-state index is -9.00. The zero-order valence-corrected chi connectivity index (χ0v) is 26.0. The van der Waals surface area contributed by atoms with Crippen LogP contribution in [0.4, 0.5) is 79.0 Å². The molecular weight excluding hydrogens is 852 g/mol. The lowest BCUT2D eigenvalue weighted by atomic mass is 9.97. The van der Waals surface area contributed by atoms with Gasteiger partial charge in [-0.15, -0.1) is 0 Å². The molecule has 51 heavy (non-hydrogen) atoms. The van der Waals surface area contributed by atoms with E-state index >= 15 is 0 Å². The van der Waals surface area contributed by atoms with Crippen molar-refractivity contribution in [3.8, 4) is 0 Å². The molecule has 0 spiro atoms. The molecule has 0 aliphatic rings. The smallest absolute Gasteiger partial charge is 0.282 e. The van der Waals surface area contributed by atoms with Gasteiger partial charge < -0.3 is 0 Å². The first kappa shape index (κ1) is 44.4. The Morgan fingerprint density at radius 1 is 0.608 bits per heavy atom. The molecule has 2 rings (SSSR count). The van der Waals surface area contributed by atoms with E-state index in [1.54, 1.807) is 4.74 Å². The van der Waals surface area contributed by atoms with Gasteiger partial charge in [-0.05, 0) is 36.0 Å². The number of alkyl halides is 16. The van der Waals surface area contributed by atoms with Gasteiger partial charge in [0.05, 0.1) is 0 Å². The average molecular weight is 862 g/mol. The maximum absolute atomic E-state index is 14.4. The van der Waals surface area contributed by atoms with E-state index in [9.17, 15) is 104 Å². The van der Waals surface area contributed by atoms with Crippen LogP contribution in [0.3, 0.4) is 0 Å². The molecule has 9 nitrogen and oxygen atoms in total. The molecule has 2 aromatic carbocycles. The number of sulfonamides is 2. The van der Waals surface area contributed by atoms with Crippen molar-refractivity contribution in [3.05, 3.63) is 54.1 Å². The second-order valence-corrected chi connectivity index (χ2v) is 15.3. The van der Waals surface area contributed by atoms with E-state index in [1.807, 2.05) is 0 Å². The Labute approximate surface area is 274 Å². The highest BCUT2D eigenvalue weighted by Crippen LogP contribution is 2.62. The van der Waals surface area contributed by atoms with Crippen molar-refractivity contribution in [2.45, 2.75) is 61.1 Å². The van der Waals surface area contributed by atoms with Gasteiger partial charge in [0.1, 0.15) is 21.4 Å². The number of rotatable bonds is 15. The first-order chi connectivity index (χ1) is 22.3. The fraction of sp³-hybridized carbons (Fsp3) is 0.400. The Kier molecular flexibility index (Phi) is 11.3. The molecule has 2 aromatic rings. The molecule has 0 heterocycles. The second kappa shape index (κ2) is 13.0. The van der Waals surface area contributed by atoms with Crippen molar-refractivity contribution in [2.75, 3.05) is 0 Å². The molecule has 0 amide bonds. The Morgan fingerprint density at radius 3 is 1.51 bits per heavy atom. The largest absolute Gasteiger partial charge is 0.434 e. The van der Waals surface area contributed by atoms with Crippen LogP contribution >= 0.6 is 11.8 Å². The zero-order valence-electron chi connectivity index (χ0n) is 22.8. The van der Waals surface area contributed by atoms with Crippen LogP contribution in [0.5, 0.6) is 0 Å². The van der Waals surface area contributed by atoms with Crippen molar-refractivity contribution < 1.29 is 114 Å². The minimum absolute atomic E-state index is 0.0471. The maximum atomic E-state index is 14.4. The molecule has 0 atom stereocenters. The topological polar surface area (TPSA) is 144 Å². The molecule has 0 bridgehead atoms. The van der Waals surface area contributed by atoms with E-state index in [-0.39, 0.29) is 30.3 Å². The summed E-state index contributed by atoms with van der Waals surface area (Å²) in [4.78, 5) is -5.96. The van der Waals surface area contributed by atoms with Gasteiger partial charge in [0.2, 0.25) is 0 Å². The Hall–Kier alpha value is -2.74. The first-order valence-corrected chi connectivity index (χ1v) is 16.7. The number of thioether (sulfide) groups is 1. The summed E-state index contributed by atoms with van der Waals surface area (Å²) in [7, 11) is -20.8. The second-order valence-electron chi connectivity index (χ2n) is 9.16. The van der Waals surface area contributed by atoms with Gasteiger partial charge >= 0.3 is 46.4 Å². The van der Waals surface area contributed by atoms with Crippen molar-refractivity contribution in [3.63, 3.8) is 0 Å². The van der Waals surface area contributed by atoms with E-state index in [2.05, 4.69) is 0 Å². The lowest BCUT2D eigenvalue weighted by Crippen LogP contribution is -2.73. The van der Waals surface area contributed by atoms with E-state index in [1.165, 1.54) is 0 Å². The van der Waals surface area contributed by atoms with Crippen LogP contribution in [-0.2, 0) is 34.9 Å². The summed E-state index contributed by atoms with van der Waals surface area (Å²) in [5.41, 5.74) is 0. The van der Waals surface area contributed by atoms with Crippen LogP contribution in [0.15, 0.2) is 57.2 Å². The quantitative estimate of drug-likeness (QED) is 0.116. The highest BCUT2D eigenvalue weighted by atomic mass is 32.3. The van der Waals surface area contributed by atoms with Gasteiger partial charge in [-0.3, -0.25) is 4.55 Å².